The highest BCUT2D eigenvalue weighted by Gasteiger charge is 2.18. The Morgan fingerprint density at radius 3 is 1.00 bits per heavy atom. The van der Waals surface area contributed by atoms with E-state index in [4.69, 9.17) is 4.74 Å². The van der Waals surface area contributed by atoms with Gasteiger partial charge in [-0.05, 0) is 89.9 Å². The number of rotatable bonds is 59. The van der Waals surface area contributed by atoms with Gasteiger partial charge in [0.25, 0.3) is 0 Å². The van der Waals surface area contributed by atoms with Gasteiger partial charge in [0.15, 0.2) is 0 Å². The van der Waals surface area contributed by atoms with Crippen LogP contribution < -0.4 is 5.32 Å². The molecule has 0 rings (SSSR count). The summed E-state index contributed by atoms with van der Waals surface area (Å²) in [5.41, 5.74) is 0. The number of carbonyl (C=O) groups is 2. The van der Waals surface area contributed by atoms with Crippen molar-refractivity contribution in [3.8, 4) is 0 Å². The maximum atomic E-state index is 12.5. The highest BCUT2D eigenvalue weighted by molar-refractivity contribution is 5.76. The first-order chi connectivity index (χ1) is 35.0. The highest BCUT2D eigenvalue weighted by Crippen LogP contribution is 2.17. The van der Waals surface area contributed by atoms with Gasteiger partial charge in [-0.2, -0.15) is 0 Å². The standard InChI is InChI=1S/C65H123NO5/c1-3-5-7-9-11-13-15-17-19-21-23-24-25-26-27-28-29-31-33-37-41-45-49-53-57-63(68)62(61-67)66-64(69)58-54-50-46-42-38-35-36-40-44-48-52-56-60-71-65(70)59-55-51-47-43-39-34-32-30-22-20-18-16-14-12-10-8-6-4-2/h20,22,36,40,53,57,62-63,67-68H,3-19,21,23-35,37-39,41-52,54-56,58-61H2,1-2H3,(H,66,69)/b22-20-,40-36-,57-53+. The van der Waals surface area contributed by atoms with E-state index in [1.165, 1.54) is 231 Å². The van der Waals surface area contributed by atoms with Crippen LogP contribution in [0.1, 0.15) is 341 Å². The average Bonchev–Trinajstić information content (AvgIpc) is 3.37. The summed E-state index contributed by atoms with van der Waals surface area (Å²) in [7, 11) is 0. The molecule has 1 amide bonds. The predicted octanol–water partition coefficient (Wildman–Crippen LogP) is 20.0. The van der Waals surface area contributed by atoms with E-state index in [2.05, 4.69) is 43.5 Å². The van der Waals surface area contributed by atoms with Crippen molar-refractivity contribution >= 4 is 11.9 Å². The fourth-order valence-corrected chi connectivity index (χ4v) is 9.74. The number of esters is 1. The minimum Gasteiger partial charge on any atom is -0.466 e. The van der Waals surface area contributed by atoms with Crippen LogP contribution in [-0.2, 0) is 14.3 Å². The molecule has 0 aromatic heterocycles. The van der Waals surface area contributed by atoms with Crippen molar-refractivity contribution < 1.29 is 24.5 Å². The Morgan fingerprint density at radius 2 is 0.662 bits per heavy atom. The molecule has 2 unspecified atom stereocenters. The molecule has 0 heterocycles. The van der Waals surface area contributed by atoms with E-state index in [0.29, 0.717) is 19.4 Å². The molecule has 0 aliphatic rings. The molecule has 0 aliphatic carbocycles. The monoisotopic (exact) mass is 998 g/mol. The summed E-state index contributed by atoms with van der Waals surface area (Å²) in [5.74, 6) is -0.118. The van der Waals surface area contributed by atoms with Crippen LogP contribution in [0.3, 0.4) is 0 Å². The second kappa shape index (κ2) is 60.6. The molecular weight excluding hydrogens is 875 g/mol. The summed E-state index contributed by atoms with van der Waals surface area (Å²) in [6.45, 7) is 4.86. The molecule has 0 aliphatic heterocycles. The lowest BCUT2D eigenvalue weighted by Gasteiger charge is -2.20. The van der Waals surface area contributed by atoms with Crippen LogP contribution >= 0.6 is 0 Å². The first-order valence-corrected chi connectivity index (χ1v) is 31.8. The van der Waals surface area contributed by atoms with E-state index in [-0.39, 0.29) is 18.5 Å². The quantitative estimate of drug-likeness (QED) is 0.0321. The third-order valence-electron chi connectivity index (χ3n) is 14.6. The lowest BCUT2D eigenvalue weighted by atomic mass is 10.0. The van der Waals surface area contributed by atoms with E-state index in [1.807, 2.05) is 6.08 Å². The van der Waals surface area contributed by atoms with E-state index in [9.17, 15) is 19.8 Å². The molecular formula is C65H123NO5. The van der Waals surface area contributed by atoms with Crippen LogP contribution in [0.15, 0.2) is 36.5 Å². The minimum atomic E-state index is -0.863. The van der Waals surface area contributed by atoms with Gasteiger partial charge in [-0.25, -0.2) is 0 Å². The summed E-state index contributed by atoms with van der Waals surface area (Å²) in [6.07, 6.45) is 76.1. The SMILES string of the molecule is CCCCCCCCC/C=C\CCCCCCCCCC(=O)OCCCCC/C=C\CCCCCCCC(=O)NC(CO)C(O)/C=C/CCCCCCCCCCCCCCCCCCCCCCCC. The maximum absolute atomic E-state index is 12.5. The summed E-state index contributed by atoms with van der Waals surface area (Å²) >= 11 is 0. The van der Waals surface area contributed by atoms with Crippen LogP contribution in [0.25, 0.3) is 0 Å². The normalized spacial score (nSPS) is 12.8. The molecule has 0 saturated heterocycles. The molecule has 71 heavy (non-hydrogen) atoms. The number of aliphatic hydroxyl groups excluding tert-OH is 2. The van der Waals surface area contributed by atoms with Crippen molar-refractivity contribution in [2.45, 2.75) is 353 Å². The van der Waals surface area contributed by atoms with Gasteiger partial charge in [-0.1, -0.05) is 275 Å². The molecule has 6 heteroatoms. The Morgan fingerprint density at radius 1 is 0.380 bits per heavy atom. The van der Waals surface area contributed by atoms with Crippen molar-refractivity contribution in [3.05, 3.63) is 36.5 Å². The fraction of sp³-hybridized carbons (Fsp3) is 0.877. The van der Waals surface area contributed by atoms with Gasteiger partial charge in [0.1, 0.15) is 0 Å². The average molecular weight is 999 g/mol. The van der Waals surface area contributed by atoms with Crippen molar-refractivity contribution in [2.75, 3.05) is 13.2 Å². The molecule has 0 spiro atoms. The zero-order valence-corrected chi connectivity index (χ0v) is 47.7. The van der Waals surface area contributed by atoms with Gasteiger partial charge in [0, 0.05) is 12.8 Å². The van der Waals surface area contributed by atoms with Crippen molar-refractivity contribution in [3.63, 3.8) is 0 Å². The van der Waals surface area contributed by atoms with E-state index >= 15 is 0 Å². The molecule has 0 aromatic rings. The first kappa shape index (κ1) is 69.1. The molecule has 0 bridgehead atoms. The van der Waals surface area contributed by atoms with Gasteiger partial charge in [-0.3, -0.25) is 9.59 Å². The Hall–Kier alpha value is -1.92. The number of nitrogens with one attached hydrogen (secondary N) is 1. The Bertz CT molecular complexity index is 1150. The van der Waals surface area contributed by atoms with Crippen LogP contribution in [0.2, 0.25) is 0 Å². The molecule has 0 fully saturated rings. The number of unbranched alkanes of at least 4 members (excludes halogenated alkanes) is 44. The minimum absolute atomic E-state index is 0.0266. The smallest absolute Gasteiger partial charge is 0.305 e. The second-order valence-electron chi connectivity index (χ2n) is 21.7. The molecule has 6 nitrogen and oxygen atoms in total. The van der Waals surface area contributed by atoms with E-state index in [0.717, 1.165) is 83.5 Å². The second-order valence-corrected chi connectivity index (χ2v) is 21.7. The number of hydrogen-bond donors (Lipinski definition) is 3. The van der Waals surface area contributed by atoms with E-state index in [1.54, 1.807) is 6.08 Å². The third kappa shape index (κ3) is 57.2. The molecule has 2 atom stereocenters. The Labute approximate surface area is 443 Å². The van der Waals surface area contributed by atoms with Crippen molar-refractivity contribution in [2.24, 2.45) is 0 Å². The van der Waals surface area contributed by atoms with E-state index < -0.39 is 12.1 Å². The Balaban J connectivity index is 3.51. The molecule has 418 valence electrons. The number of hydrogen-bond acceptors (Lipinski definition) is 5. The molecule has 0 radical (unpaired) electrons. The number of carbonyl (C=O) groups excluding carboxylic acids is 2. The van der Waals surface area contributed by atoms with Gasteiger partial charge in [-0.15, -0.1) is 0 Å². The third-order valence-corrected chi connectivity index (χ3v) is 14.6. The predicted molar refractivity (Wildman–Crippen MR) is 310 cm³/mol. The lowest BCUT2D eigenvalue weighted by Crippen LogP contribution is -2.45. The summed E-state index contributed by atoms with van der Waals surface area (Å²) in [4.78, 5) is 24.6. The molecule has 3 N–H and O–H groups in total. The lowest BCUT2D eigenvalue weighted by molar-refractivity contribution is -0.143. The number of aliphatic hydroxyl groups is 2. The number of ether oxygens (including phenoxy) is 1. The summed E-state index contributed by atoms with van der Waals surface area (Å²) in [5, 5.41) is 23.2. The number of amides is 1. The van der Waals surface area contributed by atoms with Crippen LogP contribution in [-0.4, -0.2) is 47.4 Å². The Kier molecular flexibility index (Phi) is 59.0. The van der Waals surface area contributed by atoms with Gasteiger partial charge < -0.3 is 20.3 Å². The molecule has 0 saturated carbocycles. The maximum Gasteiger partial charge on any atom is 0.305 e. The first-order valence-electron chi connectivity index (χ1n) is 31.8. The van der Waals surface area contributed by atoms with Crippen LogP contribution in [0.4, 0.5) is 0 Å². The topological polar surface area (TPSA) is 95.9 Å². The zero-order chi connectivity index (χ0) is 51.4. The van der Waals surface area contributed by atoms with Crippen LogP contribution in [0.5, 0.6) is 0 Å². The van der Waals surface area contributed by atoms with Gasteiger partial charge in [0.2, 0.25) is 5.91 Å². The molecule has 0 aromatic carbocycles. The van der Waals surface area contributed by atoms with Gasteiger partial charge in [0.05, 0.1) is 25.4 Å². The number of allylic oxidation sites excluding steroid dienone is 5. The largest absolute Gasteiger partial charge is 0.466 e. The fourth-order valence-electron chi connectivity index (χ4n) is 9.74. The van der Waals surface area contributed by atoms with Crippen molar-refractivity contribution in [1.29, 1.82) is 0 Å². The van der Waals surface area contributed by atoms with Crippen LogP contribution in [0, 0.1) is 0 Å². The summed E-state index contributed by atoms with van der Waals surface area (Å²) < 4.78 is 5.47. The zero-order valence-electron chi connectivity index (χ0n) is 47.7. The van der Waals surface area contributed by atoms with Crippen molar-refractivity contribution in [1.82, 2.24) is 5.32 Å². The van der Waals surface area contributed by atoms with Gasteiger partial charge >= 0.3 is 5.97 Å². The highest BCUT2D eigenvalue weighted by atomic mass is 16.5. The summed E-state index contributed by atoms with van der Waals surface area (Å²) in [6, 6.07) is -0.649.